The minimum absolute atomic E-state index is 0.0803. The van der Waals surface area contributed by atoms with Crippen molar-refractivity contribution in [2.75, 3.05) is 27.5 Å². The Morgan fingerprint density at radius 3 is 2.34 bits per heavy atom. The predicted molar refractivity (Wildman–Crippen MR) is 121 cm³/mol. The summed E-state index contributed by atoms with van der Waals surface area (Å²) in [6.07, 6.45) is 0.809. The van der Waals surface area contributed by atoms with Gasteiger partial charge in [0.15, 0.2) is 11.5 Å². The second-order valence-corrected chi connectivity index (χ2v) is 8.11. The number of ether oxygens (including phenoxy) is 3. The highest BCUT2D eigenvalue weighted by Crippen LogP contribution is 2.49. The number of methoxy groups -OCH3 is 1. The van der Waals surface area contributed by atoms with Crippen LogP contribution in [-0.2, 0) is 11.2 Å². The fourth-order valence-electron chi connectivity index (χ4n) is 4.64. The lowest BCUT2D eigenvalue weighted by Crippen LogP contribution is -2.44. The number of hydrogen-bond acceptors (Lipinski definition) is 5. The molecule has 0 fully saturated rings. The van der Waals surface area contributed by atoms with Crippen molar-refractivity contribution in [3.8, 4) is 17.2 Å². The Labute approximate surface area is 187 Å². The zero-order valence-electron chi connectivity index (χ0n) is 18.2. The van der Waals surface area contributed by atoms with E-state index >= 15 is 0 Å². The lowest BCUT2D eigenvalue weighted by Gasteiger charge is -2.35. The topological polar surface area (TPSA) is 60.0 Å². The summed E-state index contributed by atoms with van der Waals surface area (Å²) in [5.74, 6) is 1.75. The van der Waals surface area contributed by atoms with Crippen molar-refractivity contribution in [3.05, 3.63) is 89.0 Å². The molecule has 6 heteroatoms. The quantitative estimate of drug-likeness (QED) is 0.666. The fourth-order valence-corrected chi connectivity index (χ4v) is 4.64. The van der Waals surface area contributed by atoms with Gasteiger partial charge in [0.05, 0.1) is 13.2 Å². The monoisotopic (exact) mass is 430 g/mol. The molecule has 6 nitrogen and oxygen atoms in total. The van der Waals surface area contributed by atoms with Crippen LogP contribution in [0.5, 0.6) is 17.2 Å². The van der Waals surface area contributed by atoms with E-state index in [2.05, 4.69) is 10.2 Å². The SMILES string of the molecule is COc1c2c(cc3c1[C@@H](C(=O)NC(c1ccccc1)c1ccccc1)N(C)CC3)OCO2. The summed E-state index contributed by atoms with van der Waals surface area (Å²) in [6, 6.07) is 21.3. The summed E-state index contributed by atoms with van der Waals surface area (Å²) in [4.78, 5) is 15.9. The van der Waals surface area contributed by atoms with Gasteiger partial charge in [0.1, 0.15) is 6.04 Å². The highest BCUT2D eigenvalue weighted by atomic mass is 16.7. The van der Waals surface area contributed by atoms with Gasteiger partial charge in [-0.1, -0.05) is 60.7 Å². The Balaban J connectivity index is 1.54. The van der Waals surface area contributed by atoms with Crippen LogP contribution in [0.25, 0.3) is 0 Å². The number of fused-ring (bicyclic) bond motifs is 2. The molecule has 0 unspecified atom stereocenters. The third-order valence-electron chi connectivity index (χ3n) is 6.20. The number of carbonyl (C=O) groups is 1. The molecule has 0 spiro atoms. The molecule has 164 valence electrons. The zero-order chi connectivity index (χ0) is 22.1. The van der Waals surface area contributed by atoms with Crippen molar-refractivity contribution in [3.63, 3.8) is 0 Å². The first-order chi connectivity index (χ1) is 15.7. The van der Waals surface area contributed by atoms with Gasteiger partial charge in [-0.05, 0) is 36.2 Å². The van der Waals surface area contributed by atoms with Gasteiger partial charge in [0.25, 0.3) is 0 Å². The Morgan fingerprint density at radius 1 is 1.06 bits per heavy atom. The Kier molecular flexibility index (Phi) is 5.45. The van der Waals surface area contributed by atoms with Gasteiger partial charge >= 0.3 is 0 Å². The molecule has 0 saturated carbocycles. The van der Waals surface area contributed by atoms with E-state index in [-0.39, 0.29) is 18.7 Å². The number of nitrogens with one attached hydrogen (secondary N) is 1. The van der Waals surface area contributed by atoms with Gasteiger partial charge in [-0.25, -0.2) is 0 Å². The Bertz CT molecular complexity index is 1080. The summed E-state index contributed by atoms with van der Waals surface area (Å²) in [5, 5.41) is 3.30. The van der Waals surface area contributed by atoms with Gasteiger partial charge in [-0.15, -0.1) is 0 Å². The first-order valence-electron chi connectivity index (χ1n) is 10.8. The van der Waals surface area contributed by atoms with E-state index in [0.717, 1.165) is 35.2 Å². The smallest absolute Gasteiger partial charge is 0.242 e. The molecule has 32 heavy (non-hydrogen) atoms. The second kappa shape index (κ2) is 8.55. The molecular weight excluding hydrogens is 404 g/mol. The highest BCUT2D eigenvalue weighted by Gasteiger charge is 2.38. The number of carbonyl (C=O) groups excluding carboxylic acids is 1. The maximum atomic E-state index is 13.8. The lowest BCUT2D eigenvalue weighted by molar-refractivity contribution is -0.127. The minimum Gasteiger partial charge on any atom is -0.492 e. The molecule has 3 aromatic rings. The van der Waals surface area contributed by atoms with Crippen LogP contribution in [0.3, 0.4) is 0 Å². The average molecular weight is 431 g/mol. The summed E-state index contributed by atoms with van der Waals surface area (Å²) >= 11 is 0. The summed E-state index contributed by atoms with van der Waals surface area (Å²) < 4.78 is 17.0. The van der Waals surface area contributed by atoms with E-state index in [4.69, 9.17) is 14.2 Å². The van der Waals surface area contributed by atoms with Crippen LogP contribution in [0.1, 0.15) is 34.3 Å². The molecule has 3 aromatic carbocycles. The molecule has 0 aromatic heterocycles. The first-order valence-corrected chi connectivity index (χ1v) is 10.8. The summed E-state index contributed by atoms with van der Waals surface area (Å²) in [7, 11) is 3.58. The van der Waals surface area contributed by atoms with Crippen LogP contribution in [0.4, 0.5) is 0 Å². The Hall–Kier alpha value is -3.51. The molecule has 5 rings (SSSR count). The normalized spacial score (nSPS) is 17.2. The third kappa shape index (κ3) is 3.56. The summed E-state index contributed by atoms with van der Waals surface area (Å²) in [5.41, 5.74) is 3.97. The van der Waals surface area contributed by atoms with E-state index in [9.17, 15) is 4.79 Å². The highest BCUT2D eigenvalue weighted by molar-refractivity contribution is 5.86. The van der Waals surface area contributed by atoms with Crippen molar-refractivity contribution >= 4 is 5.91 Å². The number of rotatable bonds is 5. The van der Waals surface area contributed by atoms with Gasteiger partial charge in [0.2, 0.25) is 18.4 Å². The molecule has 2 aliphatic heterocycles. The molecule has 2 heterocycles. The molecule has 0 bridgehead atoms. The van der Waals surface area contributed by atoms with Crippen LogP contribution < -0.4 is 19.5 Å². The number of benzene rings is 3. The molecule has 1 amide bonds. The third-order valence-corrected chi connectivity index (χ3v) is 6.20. The van der Waals surface area contributed by atoms with Crippen molar-refractivity contribution < 1.29 is 19.0 Å². The number of likely N-dealkylation sites (N-methyl/N-ethyl adjacent to an activating group) is 1. The predicted octanol–water partition coefficient (Wildman–Crippen LogP) is 3.86. The van der Waals surface area contributed by atoms with Crippen molar-refractivity contribution in [1.82, 2.24) is 10.2 Å². The van der Waals surface area contributed by atoms with E-state index in [1.54, 1.807) is 7.11 Å². The van der Waals surface area contributed by atoms with Crippen LogP contribution in [0, 0.1) is 0 Å². The number of nitrogens with zero attached hydrogens (tertiary/aromatic N) is 1. The van der Waals surface area contributed by atoms with Crippen LogP contribution in [-0.4, -0.2) is 38.3 Å². The fraction of sp³-hybridized carbons (Fsp3) is 0.269. The van der Waals surface area contributed by atoms with E-state index < -0.39 is 6.04 Å². The second-order valence-electron chi connectivity index (χ2n) is 8.11. The number of amides is 1. The van der Waals surface area contributed by atoms with E-state index in [0.29, 0.717) is 17.2 Å². The van der Waals surface area contributed by atoms with E-state index in [1.165, 1.54) is 0 Å². The molecule has 2 aliphatic rings. The van der Waals surface area contributed by atoms with E-state index in [1.807, 2.05) is 73.8 Å². The molecule has 0 aliphatic carbocycles. The van der Waals surface area contributed by atoms with Crippen LogP contribution in [0.15, 0.2) is 66.7 Å². The summed E-state index contributed by atoms with van der Waals surface area (Å²) in [6.45, 7) is 0.917. The van der Waals surface area contributed by atoms with Gasteiger partial charge < -0.3 is 19.5 Å². The van der Waals surface area contributed by atoms with Crippen molar-refractivity contribution in [1.29, 1.82) is 0 Å². The molecule has 0 saturated heterocycles. The average Bonchev–Trinajstić information content (AvgIpc) is 3.30. The van der Waals surface area contributed by atoms with Gasteiger partial charge in [0, 0.05) is 12.1 Å². The maximum absolute atomic E-state index is 13.8. The van der Waals surface area contributed by atoms with Crippen LogP contribution >= 0.6 is 0 Å². The molecule has 1 atom stereocenters. The van der Waals surface area contributed by atoms with Crippen molar-refractivity contribution in [2.45, 2.75) is 18.5 Å². The Morgan fingerprint density at radius 2 is 1.72 bits per heavy atom. The largest absolute Gasteiger partial charge is 0.492 e. The lowest BCUT2D eigenvalue weighted by atomic mass is 9.90. The number of hydrogen-bond donors (Lipinski definition) is 1. The minimum atomic E-state index is -0.502. The van der Waals surface area contributed by atoms with Gasteiger partial charge in [-0.3, -0.25) is 9.69 Å². The first kappa shape index (κ1) is 20.4. The standard InChI is InChI=1S/C26H26N2O4/c1-28-14-13-19-15-20-24(32-16-31-20)25(30-2)21(19)23(28)26(29)27-22(17-9-5-3-6-10-17)18-11-7-4-8-12-18/h3-12,15,22-23H,13-14,16H2,1-2H3,(H,27,29)/t23-/m0/s1. The molecule has 1 N–H and O–H groups in total. The van der Waals surface area contributed by atoms with Crippen LogP contribution in [0.2, 0.25) is 0 Å². The molecular formula is C26H26N2O4. The molecule has 0 radical (unpaired) electrons. The van der Waals surface area contributed by atoms with Crippen molar-refractivity contribution in [2.24, 2.45) is 0 Å². The van der Waals surface area contributed by atoms with Gasteiger partial charge in [-0.2, -0.15) is 0 Å². The zero-order valence-corrected chi connectivity index (χ0v) is 18.2. The maximum Gasteiger partial charge on any atom is 0.242 e.